The van der Waals surface area contributed by atoms with Gasteiger partial charge in [-0.05, 0) is 51.0 Å². The van der Waals surface area contributed by atoms with Crippen LogP contribution in [0.15, 0.2) is 47.5 Å². The van der Waals surface area contributed by atoms with E-state index >= 15 is 0 Å². The second-order valence-electron chi connectivity index (χ2n) is 6.33. The Kier molecular flexibility index (Phi) is 4.72. The first kappa shape index (κ1) is 16.7. The first-order chi connectivity index (χ1) is 11.4. The molecule has 3 aromatic rings. The van der Waals surface area contributed by atoms with E-state index in [0.29, 0.717) is 5.75 Å². The summed E-state index contributed by atoms with van der Waals surface area (Å²) in [5.41, 5.74) is 6.59. The monoisotopic (exact) mass is 335 g/mol. The van der Waals surface area contributed by atoms with E-state index in [2.05, 4.69) is 39.0 Å². The van der Waals surface area contributed by atoms with Crippen LogP contribution in [0, 0.1) is 27.7 Å². The molecule has 0 saturated carbocycles. The molecule has 1 aromatic heterocycles. The number of nitrogens with zero attached hydrogens (tertiary/aromatic N) is 1. The van der Waals surface area contributed by atoms with Crippen molar-refractivity contribution in [2.45, 2.75) is 32.7 Å². The average molecular weight is 335 g/mol. The van der Waals surface area contributed by atoms with Crippen molar-refractivity contribution in [2.75, 3.05) is 5.75 Å². The highest BCUT2D eigenvalue weighted by Gasteiger charge is 2.10. The summed E-state index contributed by atoms with van der Waals surface area (Å²) < 4.78 is 0. The van der Waals surface area contributed by atoms with Gasteiger partial charge >= 0.3 is 0 Å². The van der Waals surface area contributed by atoms with Crippen LogP contribution in [0.4, 0.5) is 0 Å². The Bertz CT molecular complexity index is 913. The number of hydrogen-bond donors (Lipinski definition) is 0. The van der Waals surface area contributed by atoms with Gasteiger partial charge in [0.15, 0.2) is 5.78 Å². The van der Waals surface area contributed by atoms with E-state index in [1.54, 1.807) is 0 Å². The zero-order valence-corrected chi connectivity index (χ0v) is 15.3. The minimum absolute atomic E-state index is 0.139. The van der Waals surface area contributed by atoms with Crippen molar-refractivity contribution < 1.29 is 4.79 Å². The first-order valence-corrected chi connectivity index (χ1v) is 9.04. The normalized spacial score (nSPS) is 11.0. The molecule has 24 heavy (non-hydrogen) atoms. The van der Waals surface area contributed by atoms with Crippen LogP contribution in [-0.4, -0.2) is 16.5 Å². The number of aryl methyl sites for hydroxylation is 4. The molecular formula is C21H21NOS. The molecule has 0 aliphatic rings. The molecule has 122 valence electrons. The Morgan fingerprint density at radius 3 is 2.33 bits per heavy atom. The van der Waals surface area contributed by atoms with Gasteiger partial charge in [0, 0.05) is 10.9 Å². The Morgan fingerprint density at radius 1 is 0.917 bits per heavy atom. The van der Waals surface area contributed by atoms with E-state index in [1.165, 1.54) is 33.8 Å². The summed E-state index contributed by atoms with van der Waals surface area (Å²) in [5.74, 6) is 0.548. The summed E-state index contributed by atoms with van der Waals surface area (Å²) in [7, 11) is 0. The van der Waals surface area contributed by atoms with Crippen LogP contribution in [0.25, 0.3) is 10.9 Å². The van der Waals surface area contributed by atoms with Crippen molar-refractivity contribution in [1.29, 1.82) is 0 Å². The Hall–Kier alpha value is -2.13. The second-order valence-corrected chi connectivity index (χ2v) is 7.33. The molecular weight excluding hydrogens is 314 g/mol. The molecule has 3 rings (SSSR count). The fourth-order valence-electron chi connectivity index (χ4n) is 2.85. The molecule has 3 heteroatoms. The lowest BCUT2D eigenvalue weighted by Crippen LogP contribution is -2.02. The van der Waals surface area contributed by atoms with E-state index in [9.17, 15) is 4.79 Å². The first-order valence-electron chi connectivity index (χ1n) is 8.05. The van der Waals surface area contributed by atoms with Crippen LogP contribution < -0.4 is 0 Å². The SMILES string of the molecule is Cc1ccc(C(=O)CSc2cc(C)c3cc(C)cc(C)c3n2)cc1. The van der Waals surface area contributed by atoms with Crippen molar-refractivity contribution in [3.63, 3.8) is 0 Å². The highest BCUT2D eigenvalue weighted by molar-refractivity contribution is 7.99. The lowest BCUT2D eigenvalue weighted by Gasteiger charge is -2.09. The number of hydrogen-bond acceptors (Lipinski definition) is 3. The van der Waals surface area contributed by atoms with Gasteiger partial charge in [-0.2, -0.15) is 0 Å². The van der Waals surface area contributed by atoms with Gasteiger partial charge in [-0.1, -0.05) is 53.2 Å². The second kappa shape index (κ2) is 6.78. The summed E-state index contributed by atoms with van der Waals surface area (Å²) >= 11 is 1.51. The number of rotatable bonds is 4. The molecule has 0 aliphatic carbocycles. The van der Waals surface area contributed by atoms with Crippen LogP contribution in [0.5, 0.6) is 0 Å². The maximum absolute atomic E-state index is 12.3. The quantitative estimate of drug-likeness (QED) is 0.469. The molecule has 1 heterocycles. The summed E-state index contributed by atoms with van der Waals surface area (Å²) in [5, 5.41) is 2.11. The summed E-state index contributed by atoms with van der Waals surface area (Å²) in [6.45, 7) is 8.33. The summed E-state index contributed by atoms with van der Waals surface area (Å²) in [4.78, 5) is 17.1. The van der Waals surface area contributed by atoms with E-state index in [0.717, 1.165) is 21.7 Å². The number of Topliss-reactive ketones (excluding diaryl/α,β-unsaturated/α-hetero) is 1. The third kappa shape index (κ3) is 3.51. The maximum Gasteiger partial charge on any atom is 0.173 e. The van der Waals surface area contributed by atoms with Crippen LogP contribution >= 0.6 is 11.8 Å². The minimum atomic E-state index is 0.139. The van der Waals surface area contributed by atoms with Gasteiger partial charge < -0.3 is 0 Å². The summed E-state index contributed by atoms with van der Waals surface area (Å²) in [6, 6.07) is 14.1. The topological polar surface area (TPSA) is 30.0 Å². The number of fused-ring (bicyclic) bond motifs is 1. The van der Waals surface area contributed by atoms with Gasteiger partial charge in [-0.15, -0.1) is 0 Å². The Morgan fingerprint density at radius 2 is 1.62 bits per heavy atom. The Labute approximate surface area is 147 Å². The van der Waals surface area contributed by atoms with Gasteiger partial charge in [0.1, 0.15) is 0 Å². The number of thioether (sulfide) groups is 1. The third-order valence-electron chi connectivity index (χ3n) is 4.16. The van der Waals surface area contributed by atoms with E-state index in [1.807, 2.05) is 31.2 Å². The minimum Gasteiger partial charge on any atom is -0.293 e. The molecule has 0 unspecified atom stereocenters. The van der Waals surface area contributed by atoms with Crippen molar-refractivity contribution in [3.8, 4) is 0 Å². The smallest absolute Gasteiger partial charge is 0.173 e. The fourth-order valence-corrected chi connectivity index (χ4v) is 3.71. The van der Waals surface area contributed by atoms with Crippen LogP contribution in [0.2, 0.25) is 0 Å². The zero-order valence-electron chi connectivity index (χ0n) is 14.5. The molecule has 0 atom stereocenters. The van der Waals surface area contributed by atoms with Gasteiger partial charge in [0.05, 0.1) is 16.3 Å². The molecule has 2 aromatic carbocycles. The Balaban J connectivity index is 1.83. The molecule has 0 N–H and O–H groups in total. The van der Waals surface area contributed by atoms with Crippen molar-refractivity contribution in [2.24, 2.45) is 0 Å². The van der Waals surface area contributed by atoms with Gasteiger partial charge in [0.25, 0.3) is 0 Å². The highest BCUT2D eigenvalue weighted by atomic mass is 32.2. The predicted octanol–water partition coefficient (Wildman–Crippen LogP) is 5.44. The number of ketones is 1. The number of carbonyl (C=O) groups excluding carboxylic acids is 1. The van der Waals surface area contributed by atoms with Crippen molar-refractivity contribution >= 4 is 28.4 Å². The standard InChI is InChI=1S/C21H21NOS/c1-13-5-7-17(8-6-13)19(23)12-24-20-11-15(3)18-10-14(2)9-16(4)21(18)22-20/h5-11H,12H2,1-4H3. The number of aromatic nitrogens is 1. The third-order valence-corrected chi connectivity index (χ3v) is 5.07. The predicted molar refractivity (Wildman–Crippen MR) is 102 cm³/mol. The fraction of sp³-hybridized carbons (Fsp3) is 0.238. The molecule has 0 bridgehead atoms. The maximum atomic E-state index is 12.3. The number of pyridine rings is 1. The largest absolute Gasteiger partial charge is 0.293 e. The molecule has 0 fully saturated rings. The van der Waals surface area contributed by atoms with E-state index < -0.39 is 0 Å². The average Bonchev–Trinajstić information content (AvgIpc) is 2.54. The van der Waals surface area contributed by atoms with Gasteiger partial charge in [-0.3, -0.25) is 4.79 Å². The molecule has 0 amide bonds. The number of benzene rings is 2. The summed E-state index contributed by atoms with van der Waals surface area (Å²) in [6.07, 6.45) is 0. The van der Waals surface area contributed by atoms with Crippen LogP contribution in [0.1, 0.15) is 32.6 Å². The lowest BCUT2D eigenvalue weighted by molar-refractivity contribution is 0.102. The van der Waals surface area contributed by atoms with Crippen LogP contribution in [-0.2, 0) is 0 Å². The zero-order chi connectivity index (χ0) is 17.3. The molecule has 0 aliphatic heterocycles. The van der Waals surface area contributed by atoms with Gasteiger partial charge in [-0.25, -0.2) is 4.98 Å². The van der Waals surface area contributed by atoms with E-state index in [4.69, 9.17) is 4.98 Å². The number of carbonyl (C=O) groups is 1. The molecule has 2 nitrogen and oxygen atoms in total. The molecule has 0 spiro atoms. The van der Waals surface area contributed by atoms with Crippen molar-refractivity contribution in [1.82, 2.24) is 4.98 Å². The van der Waals surface area contributed by atoms with Crippen molar-refractivity contribution in [3.05, 3.63) is 70.3 Å². The van der Waals surface area contributed by atoms with Crippen LogP contribution in [0.3, 0.4) is 0 Å². The highest BCUT2D eigenvalue weighted by Crippen LogP contribution is 2.27. The van der Waals surface area contributed by atoms with Gasteiger partial charge in [0.2, 0.25) is 0 Å². The van der Waals surface area contributed by atoms with E-state index in [-0.39, 0.29) is 5.78 Å². The molecule has 0 saturated heterocycles. The lowest BCUT2D eigenvalue weighted by atomic mass is 10.0. The molecule has 0 radical (unpaired) electrons.